The van der Waals surface area contributed by atoms with Crippen molar-refractivity contribution in [1.82, 2.24) is 4.98 Å². The summed E-state index contributed by atoms with van der Waals surface area (Å²) in [4.78, 5) is 6.61. The molecule has 0 fully saturated rings. The molecule has 0 unspecified atom stereocenters. The van der Waals surface area contributed by atoms with Crippen molar-refractivity contribution in [2.45, 2.75) is 20.4 Å². The van der Waals surface area contributed by atoms with E-state index in [1.165, 1.54) is 5.56 Å². The second-order valence-electron chi connectivity index (χ2n) is 4.33. The maximum Gasteiger partial charge on any atom is 0.131 e. The van der Waals surface area contributed by atoms with Crippen LogP contribution in [0.3, 0.4) is 0 Å². The fourth-order valence-corrected chi connectivity index (χ4v) is 2.19. The lowest BCUT2D eigenvalue weighted by molar-refractivity contribution is 0.813. The summed E-state index contributed by atoms with van der Waals surface area (Å²) in [5.41, 5.74) is 2.41. The molecule has 0 radical (unpaired) electrons. The highest BCUT2D eigenvalue weighted by Gasteiger charge is 2.08. The summed E-state index contributed by atoms with van der Waals surface area (Å²) < 4.78 is 0. The van der Waals surface area contributed by atoms with E-state index >= 15 is 0 Å². The molecule has 0 atom stereocenters. The van der Waals surface area contributed by atoms with Crippen molar-refractivity contribution < 1.29 is 0 Å². The molecule has 2 rings (SSSR count). The highest BCUT2D eigenvalue weighted by molar-refractivity contribution is 6.29. The Balaban J connectivity index is 2.23. The van der Waals surface area contributed by atoms with Crippen molar-refractivity contribution in [2.75, 3.05) is 11.4 Å². The standard InChI is InChI=1S/C15H17ClN2/c1-3-18(11-13-7-5-4-6-8-13)15-10-12(2)9-14(16)17-15/h4-10H,3,11H2,1-2H3. The second kappa shape index (κ2) is 5.87. The van der Waals surface area contributed by atoms with Gasteiger partial charge in [0.1, 0.15) is 11.0 Å². The van der Waals surface area contributed by atoms with Crippen molar-refractivity contribution in [3.05, 3.63) is 58.7 Å². The molecule has 0 aliphatic carbocycles. The molecule has 1 heterocycles. The van der Waals surface area contributed by atoms with E-state index in [-0.39, 0.29) is 0 Å². The Morgan fingerprint density at radius 3 is 2.50 bits per heavy atom. The van der Waals surface area contributed by atoms with Crippen molar-refractivity contribution >= 4 is 17.4 Å². The Morgan fingerprint density at radius 2 is 1.89 bits per heavy atom. The zero-order valence-corrected chi connectivity index (χ0v) is 11.5. The maximum atomic E-state index is 6.02. The molecule has 0 spiro atoms. The summed E-state index contributed by atoms with van der Waals surface area (Å²) in [6.07, 6.45) is 0. The minimum Gasteiger partial charge on any atom is -0.353 e. The van der Waals surface area contributed by atoms with E-state index in [2.05, 4.69) is 47.1 Å². The Labute approximate surface area is 113 Å². The van der Waals surface area contributed by atoms with Gasteiger partial charge in [0, 0.05) is 13.1 Å². The largest absolute Gasteiger partial charge is 0.353 e. The van der Waals surface area contributed by atoms with Gasteiger partial charge in [0.05, 0.1) is 0 Å². The third-order valence-corrected chi connectivity index (χ3v) is 3.04. The molecule has 3 heteroatoms. The first kappa shape index (κ1) is 12.9. The summed E-state index contributed by atoms with van der Waals surface area (Å²) in [5, 5.41) is 0.552. The summed E-state index contributed by atoms with van der Waals surface area (Å²) >= 11 is 6.02. The van der Waals surface area contributed by atoms with Crippen LogP contribution >= 0.6 is 11.6 Å². The molecule has 2 aromatic rings. The quantitative estimate of drug-likeness (QED) is 0.771. The molecule has 94 valence electrons. The molecule has 0 saturated heterocycles. The predicted octanol–water partition coefficient (Wildman–Crippen LogP) is 4.07. The van der Waals surface area contributed by atoms with Crippen LogP contribution in [0.1, 0.15) is 18.1 Å². The predicted molar refractivity (Wildman–Crippen MR) is 77.2 cm³/mol. The van der Waals surface area contributed by atoms with Crippen LogP contribution in [-0.4, -0.2) is 11.5 Å². The number of halogens is 1. The third-order valence-electron chi connectivity index (χ3n) is 2.85. The van der Waals surface area contributed by atoms with Gasteiger partial charge in [0.25, 0.3) is 0 Å². The van der Waals surface area contributed by atoms with Gasteiger partial charge in [0.2, 0.25) is 0 Å². The summed E-state index contributed by atoms with van der Waals surface area (Å²) in [6.45, 7) is 5.92. The highest BCUT2D eigenvalue weighted by atomic mass is 35.5. The molecule has 0 amide bonds. The van der Waals surface area contributed by atoms with Crippen LogP contribution in [0.25, 0.3) is 0 Å². The SMILES string of the molecule is CCN(Cc1ccccc1)c1cc(C)cc(Cl)n1. The molecule has 1 aromatic carbocycles. The molecule has 0 N–H and O–H groups in total. The van der Waals surface area contributed by atoms with E-state index in [4.69, 9.17) is 11.6 Å². The van der Waals surface area contributed by atoms with Crippen LogP contribution in [0.4, 0.5) is 5.82 Å². The lowest BCUT2D eigenvalue weighted by Crippen LogP contribution is -2.23. The van der Waals surface area contributed by atoms with Crippen molar-refractivity contribution in [3.63, 3.8) is 0 Å². The lowest BCUT2D eigenvalue weighted by Gasteiger charge is -2.22. The summed E-state index contributed by atoms with van der Waals surface area (Å²) in [7, 11) is 0. The molecule has 0 bridgehead atoms. The van der Waals surface area contributed by atoms with Gasteiger partial charge in [-0.15, -0.1) is 0 Å². The number of aryl methyl sites for hydroxylation is 1. The fraction of sp³-hybridized carbons (Fsp3) is 0.267. The van der Waals surface area contributed by atoms with Gasteiger partial charge in [-0.3, -0.25) is 0 Å². The molecule has 0 saturated carbocycles. The first-order valence-corrected chi connectivity index (χ1v) is 6.50. The molecule has 0 aliphatic rings. The Bertz CT molecular complexity index is 491. The average molecular weight is 261 g/mol. The monoisotopic (exact) mass is 260 g/mol. The highest BCUT2D eigenvalue weighted by Crippen LogP contribution is 2.19. The summed E-state index contributed by atoms with van der Waals surface area (Å²) in [6, 6.07) is 14.3. The lowest BCUT2D eigenvalue weighted by atomic mass is 10.2. The van der Waals surface area contributed by atoms with Crippen molar-refractivity contribution in [2.24, 2.45) is 0 Å². The molecule has 1 aromatic heterocycles. The minimum absolute atomic E-state index is 0.552. The van der Waals surface area contributed by atoms with E-state index in [9.17, 15) is 0 Å². The zero-order valence-electron chi connectivity index (χ0n) is 10.7. The molecule has 2 nitrogen and oxygen atoms in total. The van der Waals surface area contributed by atoms with Crippen LogP contribution < -0.4 is 4.90 Å². The van der Waals surface area contributed by atoms with Gasteiger partial charge in [-0.25, -0.2) is 4.98 Å². The molecular formula is C15H17ClN2. The van der Waals surface area contributed by atoms with Gasteiger partial charge < -0.3 is 4.90 Å². The number of anilines is 1. The van der Waals surface area contributed by atoms with Gasteiger partial charge in [0.15, 0.2) is 0 Å². The first-order chi connectivity index (χ1) is 8.69. The van der Waals surface area contributed by atoms with Crippen molar-refractivity contribution in [3.8, 4) is 0 Å². The van der Waals surface area contributed by atoms with E-state index in [1.807, 2.05) is 19.1 Å². The van der Waals surface area contributed by atoms with E-state index in [0.717, 1.165) is 24.5 Å². The molecule has 0 aliphatic heterocycles. The first-order valence-electron chi connectivity index (χ1n) is 6.12. The summed E-state index contributed by atoms with van der Waals surface area (Å²) in [5.74, 6) is 0.936. The Hall–Kier alpha value is -1.54. The maximum absolute atomic E-state index is 6.02. The number of nitrogens with zero attached hydrogens (tertiary/aromatic N) is 2. The smallest absolute Gasteiger partial charge is 0.131 e. The van der Waals surface area contributed by atoms with Gasteiger partial charge >= 0.3 is 0 Å². The topological polar surface area (TPSA) is 16.1 Å². The van der Waals surface area contributed by atoms with Crippen LogP contribution in [-0.2, 0) is 6.54 Å². The Kier molecular flexibility index (Phi) is 4.21. The third kappa shape index (κ3) is 3.23. The van der Waals surface area contributed by atoms with Crippen LogP contribution in [0.2, 0.25) is 5.15 Å². The second-order valence-corrected chi connectivity index (χ2v) is 4.71. The number of benzene rings is 1. The number of hydrogen-bond acceptors (Lipinski definition) is 2. The van der Waals surface area contributed by atoms with E-state index in [0.29, 0.717) is 5.15 Å². The van der Waals surface area contributed by atoms with Crippen LogP contribution in [0.15, 0.2) is 42.5 Å². The van der Waals surface area contributed by atoms with Crippen molar-refractivity contribution in [1.29, 1.82) is 0 Å². The minimum atomic E-state index is 0.552. The van der Waals surface area contributed by atoms with E-state index in [1.54, 1.807) is 0 Å². The normalized spacial score (nSPS) is 10.4. The van der Waals surface area contributed by atoms with Gasteiger partial charge in [-0.05, 0) is 37.1 Å². The van der Waals surface area contributed by atoms with Crippen LogP contribution in [0, 0.1) is 6.92 Å². The Morgan fingerprint density at radius 1 is 1.17 bits per heavy atom. The fourth-order valence-electron chi connectivity index (χ4n) is 1.93. The van der Waals surface area contributed by atoms with Gasteiger partial charge in [-0.2, -0.15) is 0 Å². The van der Waals surface area contributed by atoms with Crippen LogP contribution in [0.5, 0.6) is 0 Å². The number of hydrogen-bond donors (Lipinski definition) is 0. The number of pyridine rings is 1. The average Bonchev–Trinajstić information content (AvgIpc) is 2.36. The number of aromatic nitrogens is 1. The molecular weight excluding hydrogens is 244 g/mol. The zero-order chi connectivity index (χ0) is 13.0. The number of rotatable bonds is 4. The van der Waals surface area contributed by atoms with E-state index < -0.39 is 0 Å². The van der Waals surface area contributed by atoms with Gasteiger partial charge in [-0.1, -0.05) is 41.9 Å². The molecule has 18 heavy (non-hydrogen) atoms.